The SMILES string of the molecule is CCOCCn1cnc(-c2ccccc2)c1-c1ccnc(C(C)C)n1. The first kappa shape index (κ1) is 17.3. The molecule has 0 saturated heterocycles. The van der Waals surface area contributed by atoms with Gasteiger partial charge in [0.05, 0.1) is 30.0 Å². The van der Waals surface area contributed by atoms with Gasteiger partial charge in [0.2, 0.25) is 0 Å². The monoisotopic (exact) mass is 336 g/mol. The first-order chi connectivity index (χ1) is 12.2. The zero-order chi connectivity index (χ0) is 17.6. The first-order valence-corrected chi connectivity index (χ1v) is 8.72. The molecule has 3 rings (SSSR count). The number of rotatable bonds is 7. The third kappa shape index (κ3) is 3.94. The van der Waals surface area contributed by atoms with Crippen molar-refractivity contribution in [2.24, 2.45) is 0 Å². The number of hydrogen-bond acceptors (Lipinski definition) is 4. The summed E-state index contributed by atoms with van der Waals surface area (Å²) in [5, 5.41) is 0. The molecule has 1 aromatic carbocycles. The van der Waals surface area contributed by atoms with Crippen molar-refractivity contribution in [3.05, 3.63) is 54.7 Å². The van der Waals surface area contributed by atoms with E-state index in [1.165, 1.54) is 0 Å². The molecule has 130 valence electrons. The Labute approximate surface area is 148 Å². The summed E-state index contributed by atoms with van der Waals surface area (Å²) in [5.74, 6) is 1.12. The molecule has 0 radical (unpaired) electrons. The summed E-state index contributed by atoms with van der Waals surface area (Å²) >= 11 is 0. The molecule has 2 aromatic heterocycles. The Morgan fingerprint density at radius 1 is 1.08 bits per heavy atom. The van der Waals surface area contributed by atoms with E-state index in [2.05, 4.69) is 40.5 Å². The first-order valence-electron chi connectivity index (χ1n) is 8.72. The van der Waals surface area contributed by atoms with Crippen LogP contribution in [0.2, 0.25) is 0 Å². The van der Waals surface area contributed by atoms with E-state index >= 15 is 0 Å². The van der Waals surface area contributed by atoms with Gasteiger partial charge in [-0.1, -0.05) is 44.2 Å². The van der Waals surface area contributed by atoms with Crippen LogP contribution in [0.4, 0.5) is 0 Å². The molecule has 0 atom stereocenters. The Morgan fingerprint density at radius 2 is 1.88 bits per heavy atom. The van der Waals surface area contributed by atoms with Crippen LogP contribution in [-0.4, -0.2) is 32.7 Å². The molecule has 0 fully saturated rings. The second kappa shape index (κ2) is 8.03. The summed E-state index contributed by atoms with van der Waals surface area (Å²) in [6, 6.07) is 12.2. The lowest BCUT2D eigenvalue weighted by atomic mass is 10.1. The predicted molar refractivity (Wildman–Crippen MR) is 99.3 cm³/mol. The molecule has 0 bridgehead atoms. The number of aromatic nitrogens is 4. The fourth-order valence-corrected chi connectivity index (χ4v) is 2.72. The Balaban J connectivity index is 2.08. The Morgan fingerprint density at radius 3 is 2.60 bits per heavy atom. The zero-order valence-corrected chi connectivity index (χ0v) is 15.0. The van der Waals surface area contributed by atoms with Crippen LogP contribution in [-0.2, 0) is 11.3 Å². The van der Waals surface area contributed by atoms with Crippen molar-refractivity contribution >= 4 is 0 Å². The van der Waals surface area contributed by atoms with E-state index < -0.39 is 0 Å². The summed E-state index contributed by atoms with van der Waals surface area (Å²) in [6.07, 6.45) is 3.69. The van der Waals surface area contributed by atoms with Crippen molar-refractivity contribution in [3.8, 4) is 22.6 Å². The van der Waals surface area contributed by atoms with Gasteiger partial charge < -0.3 is 9.30 Å². The Bertz CT molecular complexity index is 812. The van der Waals surface area contributed by atoms with Crippen LogP contribution in [0.5, 0.6) is 0 Å². The maximum absolute atomic E-state index is 5.52. The van der Waals surface area contributed by atoms with Crippen LogP contribution in [0.25, 0.3) is 22.6 Å². The number of benzene rings is 1. The van der Waals surface area contributed by atoms with E-state index in [4.69, 9.17) is 9.72 Å². The van der Waals surface area contributed by atoms with Gasteiger partial charge in [-0.25, -0.2) is 15.0 Å². The molecule has 0 aliphatic heterocycles. The standard InChI is InChI=1S/C20H24N4O/c1-4-25-13-12-24-14-22-18(16-8-6-5-7-9-16)19(24)17-10-11-21-20(23-17)15(2)3/h5-11,14-15H,4,12-13H2,1-3H3. The van der Waals surface area contributed by atoms with Gasteiger partial charge in [0.1, 0.15) is 5.82 Å². The van der Waals surface area contributed by atoms with Crippen LogP contribution in [0.3, 0.4) is 0 Å². The molecule has 5 nitrogen and oxygen atoms in total. The van der Waals surface area contributed by atoms with E-state index in [0.29, 0.717) is 13.2 Å². The van der Waals surface area contributed by atoms with Crippen molar-refractivity contribution in [1.29, 1.82) is 0 Å². The summed E-state index contributed by atoms with van der Waals surface area (Å²) in [7, 11) is 0. The van der Waals surface area contributed by atoms with E-state index in [9.17, 15) is 0 Å². The maximum Gasteiger partial charge on any atom is 0.131 e. The highest BCUT2D eigenvalue weighted by atomic mass is 16.5. The highest BCUT2D eigenvalue weighted by molar-refractivity contribution is 5.76. The molecule has 0 spiro atoms. The number of ether oxygens (including phenoxy) is 1. The van der Waals surface area contributed by atoms with Crippen LogP contribution < -0.4 is 0 Å². The molecule has 0 aliphatic rings. The van der Waals surface area contributed by atoms with Gasteiger partial charge in [0, 0.05) is 30.8 Å². The van der Waals surface area contributed by atoms with E-state index in [1.54, 1.807) is 0 Å². The fraction of sp³-hybridized carbons (Fsp3) is 0.350. The highest BCUT2D eigenvalue weighted by Gasteiger charge is 2.17. The second-order valence-corrected chi connectivity index (χ2v) is 6.15. The summed E-state index contributed by atoms with van der Waals surface area (Å²) in [5.41, 5.74) is 3.92. The molecule has 3 aromatic rings. The lowest BCUT2D eigenvalue weighted by molar-refractivity contribution is 0.139. The Hall–Kier alpha value is -2.53. The molecular formula is C20H24N4O. The summed E-state index contributed by atoms with van der Waals surface area (Å²) < 4.78 is 7.64. The topological polar surface area (TPSA) is 52.8 Å². The van der Waals surface area contributed by atoms with Gasteiger partial charge in [0.15, 0.2) is 0 Å². The van der Waals surface area contributed by atoms with E-state index in [-0.39, 0.29) is 5.92 Å². The van der Waals surface area contributed by atoms with Crippen molar-refractivity contribution < 1.29 is 4.74 Å². The minimum absolute atomic E-state index is 0.278. The number of nitrogens with zero attached hydrogens (tertiary/aromatic N) is 4. The molecule has 25 heavy (non-hydrogen) atoms. The van der Waals surface area contributed by atoms with E-state index in [1.807, 2.05) is 43.7 Å². The number of hydrogen-bond donors (Lipinski definition) is 0. The second-order valence-electron chi connectivity index (χ2n) is 6.15. The normalized spacial score (nSPS) is 11.2. The molecule has 0 amide bonds. The average Bonchev–Trinajstić information content (AvgIpc) is 3.07. The fourth-order valence-electron chi connectivity index (χ4n) is 2.72. The summed E-state index contributed by atoms with van der Waals surface area (Å²) in [4.78, 5) is 13.8. The van der Waals surface area contributed by atoms with Crippen molar-refractivity contribution in [2.75, 3.05) is 13.2 Å². The van der Waals surface area contributed by atoms with Gasteiger partial charge in [0.25, 0.3) is 0 Å². The average molecular weight is 336 g/mol. The molecule has 0 aliphatic carbocycles. The highest BCUT2D eigenvalue weighted by Crippen LogP contribution is 2.30. The Kier molecular flexibility index (Phi) is 5.56. The van der Waals surface area contributed by atoms with Crippen molar-refractivity contribution in [3.63, 3.8) is 0 Å². The van der Waals surface area contributed by atoms with Gasteiger partial charge in [-0.05, 0) is 13.0 Å². The maximum atomic E-state index is 5.52. The largest absolute Gasteiger partial charge is 0.380 e. The minimum atomic E-state index is 0.278. The van der Waals surface area contributed by atoms with Crippen molar-refractivity contribution in [1.82, 2.24) is 19.5 Å². The van der Waals surface area contributed by atoms with Gasteiger partial charge >= 0.3 is 0 Å². The molecular weight excluding hydrogens is 312 g/mol. The molecule has 0 saturated carbocycles. The van der Waals surface area contributed by atoms with Crippen LogP contribution >= 0.6 is 0 Å². The predicted octanol–water partition coefficient (Wildman–Crippen LogP) is 4.17. The van der Waals surface area contributed by atoms with Gasteiger partial charge in [-0.2, -0.15) is 0 Å². The zero-order valence-electron chi connectivity index (χ0n) is 15.0. The van der Waals surface area contributed by atoms with Crippen molar-refractivity contribution in [2.45, 2.75) is 33.2 Å². The molecule has 0 unspecified atom stereocenters. The molecule has 5 heteroatoms. The van der Waals surface area contributed by atoms with Gasteiger partial charge in [-0.3, -0.25) is 0 Å². The third-order valence-corrected chi connectivity index (χ3v) is 4.00. The van der Waals surface area contributed by atoms with Gasteiger partial charge in [-0.15, -0.1) is 0 Å². The molecule has 0 N–H and O–H groups in total. The lowest BCUT2D eigenvalue weighted by Crippen LogP contribution is -2.08. The minimum Gasteiger partial charge on any atom is -0.380 e. The number of imidazole rings is 1. The van der Waals surface area contributed by atoms with Crippen LogP contribution in [0.1, 0.15) is 32.5 Å². The third-order valence-electron chi connectivity index (χ3n) is 4.00. The summed E-state index contributed by atoms with van der Waals surface area (Å²) in [6.45, 7) is 8.30. The lowest BCUT2D eigenvalue weighted by Gasteiger charge is -2.12. The van der Waals surface area contributed by atoms with E-state index in [0.717, 1.165) is 35.0 Å². The van der Waals surface area contributed by atoms with Crippen LogP contribution in [0, 0.1) is 0 Å². The smallest absolute Gasteiger partial charge is 0.131 e. The quantitative estimate of drug-likeness (QED) is 0.608. The van der Waals surface area contributed by atoms with Crippen LogP contribution in [0.15, 0.2) is 48.9 Å². The molecule has 2 heterocycles.